The molecule has 0 radical (unpaired) electrons. The molecule has 0 saturated heterocycles. The van der Waals surface area contributed by atoms with Gasteiger partial charge in [0, 0.05) is 16.6 Å². The second kappa shape index (κ2) is 3.57. The Labute approximate surface area is 89.5 Å². The Bertz CT molecular complexity index is 377. The van der Waals surface area contributed by atoms with Gasteiger partial charge in [0.25, 0.3) is 0 Å². The fourth-order valence-electron chi connectivity index (χ4n) is 1.10. The van der Waals surface area contributed by atoms with E-state index in [1.54, 1.807) is 6.07 Å². The topological polar surface area (TPSA) is 62.2 Å². The maximum atomic E-state index is 11.4. The summed E-state index contributed by atoms with van der Waals surface area (Å²) in [6.45, 7) is 0. The van der Waals surface area contributed by atoms with E-state index >= 15 is 0 Å². The molecule has 14 heavy (non-hydrogen) atoms. The minimum Gasteiger partial charge on any atom is -0.492 e. The van der Waals surface area contributed by atoms with Crippen molar-refractivity contribution < 1.29 is 9.90 Å². The minimum atomic E-state index is -0.151. The largest absolute Gasteiger partial charge is 0.492 e. The summed E-state index contributed by atoms with van der Waals surface area (Å²) < 4.78 is 0.724. The molecule has 1 heterocycles. The van der Waals surface area contributed by atoms with Crippen molar-refractivity contribution in [3.8, 4) is 5.88 Å². The highest BCUT2D eigenvalue weighted by molar-refractivity contribution is 9.10. The highest BCUT2D eigenvalue weighted by Gasteiger charge is 2.30. The number of aromatic hydroxyl groups is 1. The Morgan fingerprint density at radius 2 is 2.36 bits per heavy atom. The zero-order chi connectivity index (χ0) is 10.1. The molecule has 0 bridgehead atoms. The standard InChI is InChI=1S/C9H9BrN2O2/c10-6-3-7(9(14)11-4-6)12-8(13)5-1-2-5/h3-5H,1-2H2,(H,11,14)(H,12,13). The molecule has 4 nitrogen and oxygen atoms in total. The molecule has 1 saturated carbocycles. The number of amides is 1. The summed E-state index contributed by atoms with van der Waals surface area (Å²) in [5.41, 5.74) is 0.358. The van der Waals surface area contributed by atoms with Crippen LogP contribution in [0.25, 0.3) is 0 Å². The highest BCUT2D eigenvalue weighted by Crippen LogP contribution is 2.32. The zero-order valence-corrected chi connectivity index (χ0v) is 8.91. The number of halogens is 1. The Kier molecular flexibility index (Phi) is 2.41. The quantitative estimate of drug-likeness (QED) is 0.850. The van der Waals surface area contributed by atoms with Crippen molar-refractivity contribution in [2.45, 2.75) is 12.8 Å². The first-order chi connectivity index (χ1) is 6.66. The summed E-state index contributed by atoms with van der Waals surface area (Å²) in [5, 5.41) is 12.0. The Morgan fingerprint density at radius 1 is 1.64 bits per heavy atom. The van der Waals surface area contributed by atoms with Gasteiger partial charge in [0.2, 0.25) is 11.8 Å². The van der Waals surface area contributed by atoms with E-state index in [1.807, 2.05) is 0 Å². The Balaban J connectivity index is 2.14. The lowest BCUT2D eigenvalue weighted by molar-refractivity contribution is -0.117. The Hall–Kier alpha value is -1.10. The molecule has 2 N–H and O–H groups in total. The Morgan fingerprint density at radius 3 is 3.00 bits per heavy atom. The van der Waals surface area contributed by atoms with E-state index in [1.165, 1.54) is 6.20 Å². The van der Waals surface area contributed by atoms with Gasteiger partial charge in [-0.2, -0.15) is 0 Å². The lowest BCUT2D eigenvalue weighted by Gasteiger charge is -2.05. The molecule has 1 fully saturated rings. The summed E-state index contributed by atoms with van der Waals surface area (Å²) in [7, 11) is 0. The van der Waals surface area contributed by atoms with Crippen LogP contribution in [0.3, 0.4) is 0 Å². The first-order valence-corrected chi connectivity index (χ1v) is 5.11. The maximum Gasteiger partial charge on any atom is 0.235 e. The van der Waals surface area contributed by atoms with E-state index in [0.717, 1.165) is 17.3 Å². The fourth-order valence-corrected chi connectivity index (χ4v) is 1.44. The number of carbonyl (C=O) groups excluding carboxylic acids is 1. The third-order valence-corrected chi connectivity index (χ3v) is 2.47. The number of nitrogens with one attached hydrogen (secondary N) is 1. The molecule has 0 aromatic carbocycles. The van der Waals surface area contributed by atoms with Gasteiger partial charge in [-0.05, 0) is 34.8 Å². The molecule has 1 aliphatic rings. The van der Waals surface area contributed by atoms with Crippen LogP contribution in [0.4, 0.5) is 5.69 Å². The van der Waals surface area contributed by atoms with Gasteiger partial charge < -0.3 is 10.4 Å². The van der Waals surface area contributed by atoms with Crippen LogP contribution in [-0.2, 0) is 4.79 Å². The lowest BCUT2D eigenvalue weighted by Crippen LogP contribution is -2.13. The third kappa shape index (κ3) is 2.04. The smallest absolute Gasteiger partial charge is 0.235 e. The zero-order valence-electron chi connectivity index (χ0n) is 7.33. The second-order valence-electron chi connectivity index (χ2n) is 3.29. The number of rotatable bonds is 2. The first-order valence-electron chi connectivity index (χ1n) is 4.32. The fraction of sp³-hybridized carbons (Fsp3) is 0.333. The number of pyridine rings is 1. The van der Waals surface area contributed by atoms with Crippen LogP contribution < -0.4 is 5.32 Å². The number of aromatic nitrogens is 1. The average Bonchev–Trinajstić information content (AvgIpc) is 2.94. The number of carbonyl (C=O) groups is 1. The van der Waals surface area contributed by atoms with Crippen molar-refractivity contribution in [2.75, 3.05) is 5.32 Å². The molecule has 1 aromatic heterocycles. The van der Waals surface area contributed by atoms with Gasteiger partial charge in [-0.1, -0.05) is 0 Å². The monoisotopic (exact) mass is 256 g/mol. The van der Waals surface area contributed by atoms with Crippen molar-refractivity contribution >= 4 is 27.5 Å². The molecule has 0 atom stereocenters. The summed E-state index contributed by atoms with van der Waals surface area (Å²) in [5.74, 6) is -0.0734. The van der Waals surface area contributed by atoms with Gasteiger partial charge in [0.1, 0.15) is 5.69 Å². The van der Waals surface area contributed by atoms with Crippen molar-refractivity contribution in [2.24, 2.45) is 5.92 Å². The SMILES string of the molecule is O=C(Nc1cc(Br)cnc1O)C1CC1. The first kappa shape index (κ1) is 9.45. The van der Waals surface area contributed by atoms with Gasteiger partial charge >= 0.3 is 0 Å². The number of hydrogen-bond acceptors (Lipinski definition) is 3. The van der Waals surface area contributed by atoms with Gasteiger partial charge in [0.05, 0.1) is 0 Å². The number of hydrogen-bond donors (Lipinski definition) is 2. The maximum absolute atomic E-state index is 11.4. The van der Waals surface area contributed by atoms with E-state index in [2.05, 4.69) is 26.2 Å². The van der Waals surface area contributed by atoms with Gasteiger partial charge in [-0.3, -0.25) is 4.79 Å². The van der Waals surface area contributed by atoms with Gasteiger partial charge in [0.15, 0.2) is 0 Å². The van der Waals surface area contributed by atoms with Crippen LogP contribution in [0.15, 0.2) is 16.7 Å². The van der Waals surface area contributed by atoms with Crippen molar-refractivity contribution in [1.29, 1.82) is 0 Å². The van der Waals surface area contributed by atoms with Crippen molar-refractivity contribution in [3.63, 3.8) is 0 Å². The van der Waals surface area contributed by atoms with Crippen LogP contribution in [-0.4, -0.2) is 16.0 Å². The van der Waals surface area contributed by atoms with Crippen molar-refractivity contribution in [3.05, 3.63) is 16.7 Å². The molecule has 1 amide bonds. The minimum absolute atomic E-state index is 0.0415. The molecule has 1 aromatic rings. The van der Waals surface area contributed by atoms with E-state index in [0.29, 0.717) is 5.69 Å². The van der Waals surface area contributed by atoms with Crippen LogP contribution in [0.1, 0.15) is 12.8 Å². The van der Waals surface area contributed by atoms with Crippen LogP contribution in [0.2, 0.25) is 0 Å². The second-order valence-corrected chi connectivity index (χ2v) is 4.20. The van der Waals surface area contributed by atoms with E-state index < -0.39 is 0 Å². The van der Waals surface area contributed by atoms with Gasteiger partial charge in [-0.15, -0.1) is 0 Å². The van der Waals surface area contributed by atoms with Crippen LogP contribution >= 0.6 is 15.9 Å². The molecule has 0 aliphatic heterocycles. The normalized spacial score (nSPS) is 15.2. The van der Waals surface area contributed by atoms with E-state index in [9.17, 15) is 9.90 Å². The molecule has 2 rings (SSSR count). The van der Waals surface area contributed by atoms with E-state index in [4.69, 9.17) is 0 Å². The lowest BCUT2D eigenvalue weighted by atomic mass is 10.3. The number of nitrogens with zero attached hydrogens (tertiary/aromatic N) is 1. The number of anilines is 1. The third-order valence-electron chi connectivity index (χ3n) is 2.04. The molecular formula is C9H9BrN2O2. The van der Waals surface area contributed by atoms with Crippen LogP contribution in [0.5, 0.6) is 5.88 Å². The summed E-state index contributed by atoms with van der Waals surface area (Å²) in [6, 6.07) is 1.63. The van der Waals surface area contributed by atoms with E-state index in [-0.39, 0.29) is 17.7 Å². The summed E-state index contributed by atoms with van der Waals surface area (Å²) in [6.07, 6.45) is 3.35. The average molecular weight is 257 g/mol. The molecule has 74 valence electrons. The van der Waals surface area contributed by atoms with Crippen molar-refractivity contribution in [1.82, 2.24) is 4.98 Å². The molecular weight excluding hydrogens is 248 g/mol. The predicted octanol–water partition coefficient (Wildman–Crippen LogP) is 1.90. The molecule has 0 spiro atoms. The summed E-state index contributed by atoms with van der Waals surface area (Å²) >= 11 is 3.21. The van der Waals surface area contributed by atoms with Gasteiger partial charge in [-0.25, -0.2) is 4.98 Å². The molecule has 1 aliphatic carbocycles. The predicted molar refractivity (Wildman–Crippen MR) is 55.0 cm³/mol. The molecule has 5 heteroatoms. The van der Waals surface area contributed by atoms with Crippen LogP contribution in [0, 0.1) is 5.92 Å². The summed E-state index contributed by atoms with van der Waals surface area (Å²) in [4.78, 5) is 15.1. The highest BCUT2D eigenvalue weighted by atomic mass is 79.9. The molecule has 0 unspecified atom stereocenters.